The third-order valence-electron chi connectivity index (χ3n) is 3.50. The molecule has 0 fully saturated rings. The minimum Gasteiger partial charge on any atom is -0.207 e. The van der Waals surface area contributed by atoms with Crippen LogP contribution in [0, 0.1) is 11.6 Å². The maximum Gasteiger partial charge on any atom is 0.128 e. The van der Waals surface area contributed by atoms with Crippen molar-refractivity contribution in [2.45, 2.75) is 17.7 Å². The van der Waals surface area contributed by atoms with Crippen LogP contribution in [-0.4, -0.2) is 0 Å². The van der Waals surface area contributed by atoms with Gasteiger partial charge in [0.2, 0.25) is 0 Å². The molecule has 0 bridgehead atoms. The van der Waals surface area contributed by atoms with Gasteiger partial charge in [-0.2, -0.15) is 0 Å². The van der Waals surface area contributed by atoms with E-state index in [0.29, 0.717) is 0 Å². The monoisotopic (exact) mass is 264 g/mol. The van der Waals surface area contributed by atoms with Crippen molar-refractivity contribution in [1.82, 2.24) is 0 Å². The highest BCUT2D eigenvalue weighted by molar-refractivity contribution is 6.21. The number of fused-ring (bicyclic) bond motifs is 1. The first-order chi connectivity index (χ1) is 8.66. The topological polar surface area (TPSA) is 0 Å². The molecule has 2 atom stereocenters. The summed E-state index contributed by atoms with van der Waals surface area (Å²) in [6, 6.07) is 11.4. The maximum absolute atomic E-state index is 13.7. The molecule has 0 saturated heterocycles. The average Bonchev–Trinajstić information content (AvgIpc) is 2.33. The Morgan fingerprint density at radius 1 is 1.11 bits per heavy atom. The van der Waals surface area contributed by atoms with Crippen molar-refractivity contribution < 1.29 is 8.78 Å². The molecule has 0 aliphatic heterocycles. The number of alkyl halides is 1. The summed E-state index contributed by atoms with van der Waals surface area (Å²) in [5, 5.41) is -0.518. The lowest BCUT2D eigenvalue weighted by atomic mass is 9.74. The Kier molecular flexibility index (Phi) is 2.83. The quantitative estimate of drug-likeness (QED) is 0.696. The summed E-state index contributed by atoms with van der Waals surface area (Å²) in [5.41, 5.74) is 2.63. The van der Waals surface area contributed by atoms with E-state index in [1.54, 1.807) is 0 Å². The molecular weight excluding hydrogens is 254 g/mol. The standard InChI is InChI=1S/C15H11ClF2/c16-15(13-8-10(17)5-6-14(13)18)12-7-9-3-1-2-4-11(9)12/h1-6,8,12,15H,7H2. The molecule has 2 aromatic carbocycles. The lowest BCUT2D eigenvalue weighted by Gasteiger charge is -2.33. The first-order valence-corrected chi connectivity index (χ1v) is 6.27. The van der Waals surface area contributed by atoms with E-state index < -0.39 is 17.0 Å². The molecule has 1 aliphatic carbocycles. The molecular formula is C15H11ClF2. The van der Waals surface area contributed by atoms with Crippen LogP contribution in [0.1, 0.15) is 28.0 Å². The summed E-state index contributed by atoms with van der Waals surface area (Å²) < 4.78 is 26.8. The fraction of sp³-hybridized carbons (Fsp3) is 0.200. The van der Waals surface area contributed by atoms with Crippen molar-refractivity contribution in [3.05, 3.63) is 70.8 Å². The third kappa shape index (κ3) is 1.81. The average molecular weight is 265 g/mol. The van der Waals surface area contributed by atoms with Gasteiger partial charge in [-0.25, -0.2) is 8.78 Å². The summed E-state index contributed by atoms with van der Waals surface area (Å²) in [6.07, 6.45) is 0.820. The van der Waals surface area contributed by atoms with Crippen LogP contribution >= 0.6 is 11.6 Å². The van der Waals surface area contributed by atoms with Crippen molar-refractivity contribution in [2.75, 3.05) is 0 Å². The Balaban J connectivity index is 1.93. The molecule has 0 nitrogen and oxygen atoms in total. The van der Waals surface area contributed by atoms with Crippen LogP contribution in [0.15, 0.2) is 42.5 Å². The fourth-order valence-corrected chi connectivity index (χ4v) is 2.89. The molecule has 1 aliphatic rings. The van der Waals surface area contributed by atoms with Crippen LogP contribution in [0.4, 0.5) is 8.78 Å². The molecule has 2 unspecified atom stereocenters. The molecule has 0 saturated carbocycles. The molecule has 0 spiro atoms. The summed E-state index contributed by atoms with van der Waals surface area (Å²) in [5.74, 6) is -0.829. The maximum atomic E-state index is 13.7. The number of hydrogen-bond donors (Lipinski definition) is 0. The highest BCUT2D eigenvalue weighted by atomic mass is 35.5. The van der Waals surface area contributed by atoms with E-state index in [1.165, 1.54) is 11.6 Å². The highest BCUT2D eigenvalue weighted by Crippen LogP contribution is 2.47. The van der Waals surface area contributed by atoms with Gasteiger partial charge in [0.1, 0.15) is 11.6 Å². The second-order valence-electron chi connectivity index (χ2n) is 4.58. The van der Waals surface area contributed by atoms with Gasteiger partial charge >= 0.3 is 0 Å². The molecule has 0 amide bonds. The highest BCUT2D eigenvalue weighted by Gasteiger charge is 2.33. The van der Waals surface area contributed by atoms with Crippen molar-refractivity contribution in [3.8, 4) is 0 Å². The first-order valence-electron chi connectivity index (χ1n) is 5.83. The van der Waals surface area contributed by atoms with Gasteiger partial charge in [0.15, 0.2) is 0 Å². The summed E-state index contributed by atoms with van der Waals surface area (Å²) in [7, 11) is 0. The SMILES string of the molecule is Fc1ccc(F)c(C(Cl)C2Cc3ccccc32)c1. The number of hydrogen-bond acceptors (Lipinski definition) is 0. The van der Waals surface area contributed by atoms with Gasteiger partial charge in [-0.15, -0.1) is 11.6 Å². The molecule has 0 aromatic heterocycles. The molecule has 0 radical (unpaired) electrons. The number of halogens is 3. The van der Waals surface area contributed by atoms with E-state index in [4.69, 9.17) is 11.6 Å². The molecule has 2 aromatic rings. The van der Waals surface area contributed by atoms with Crippen molar-refractivity contribution in [2.24, 2.45) is 0 Å². The predicted molar refractivity (Wildman–Crippen MR) is 67.8 cm³/mol. The van der Waals surface area contributed by atoms with E-state index >= 15 is 0 Å². The molecule has 3 heteroatoms. The van der Waals surface area contributed by atoms with E-state index in [-0.39, 0.29) is 11.5 Å². The first kappa shape index (κ1) is 11.7. The normalized spacial score (nSPS) is 18.9. The Labute approximate surface area is 109 Å². The lowest BCUT2D eigenvalue weighted by molar-refractivity contribution is 0.538. The minimum absolute atomic E-state index is 0.0687. The number of rotatable bonds is 2. The van der Waals surface area contributed by atoms with Gasteiger partial charge in [-0.1, -0.05) is 24.3 Å². The number of benzene rings is 2. The van der Waals surface area contributed by atoms with Crippen LogP contribution < -0.4 is 0 Å². The Bertz CT molecular complexity index is 595. The Hall–Kier alpha value is -1.41. The van der Waals surface area contributed by atoms with Gasteiger partial charge in [-0.05, 0) is 35.7 Å². The van der Waals surface area contributed by atoms with Crippen molar-refractivity contribution in [3.63, 3.8) is 0 Å². The summed E-state index contributed by atoms with van der Waals surface area (Å²) in [6.45, 7) is 0. The second-order valence-corrected chi connectivity index (χ2v) is 5.05. The van der Waals surface area contributed by atoms with E-state index in [2.05, 4.69) is 0 Å². The zero-order valence-electron chi connectivity index (χ0n) is 9.54. The summed E-state index contributed by atoms with van der Waals surface area (Å²) >= 11 is 6.31. The minimum atomic E-state index is -0.518. The van der Waals surface area contributed by atoms with Gasteiger partial charge in [0.25, 0.3) is 0 Å². The van der Waals surface area contributed by atoms with Crippen LogP contribution in [0.25, 0.3) is 0 Å². The van der Waals surface area contributed by atoms with E-state index in [1.807, 2.05) is 24.3 Å². The molecule has 3 rings (SSSR count). The van der Waals surface area contributed by atoms with Gasteiger partial charge in [0, 0.05) is 11.5 Å². The second kappa shape index (κ2) is 4.36. The van der Waals surface area contributed by atoms with Crippen LogP contribution in [0.2, 0.25) is 0 Å². The Morgan fingerprint density at radius 3 is 2.67 bits per heavy atom. The lowest BCUT2D eigenvalue weighted by Crippen LogP contribution is -2.21. The molecule has 0 N–H and O–H groups in total. The molecule has 18 heavy (non-hydrogen) atoms. The van der Waals surface area contributed by atoms with Gasteiger partial charge < -0.3 is 0 Å². The van der Waals surface area contributed by atoms with E-state index in [0.717, 1.165) is 24.1 Å². The molecule has 92 valence electrons. The van der Waals surface area contributed by atoms with E-state index in [9.17, 15) is 8.78 Å². The zero-order valence-corrected chi connectivity index (χ0v) is 10.3. The smallest absolute Gasteiger partial charge is 0.128 e. The third-order valence-corrected chi connectivity index (χ3v) is 4.04. The van der Waals surface area contributed by atoms with Gasteiger partial charge in [0.05, 0.1) is 5.38 Å². The van der Waals surface area contributed by atoms with Crippen molar-refractivity contribution >= 4 is 11.6 Å². The van der Waals surface area contributed by atoms with Crippen LogP contribution in [0.5, 0.6) is 0 Å². The fourth-order valence-electron chi connectivity index (χ4n) is 2.50. The van der Waals surface area contributed by atoms with Crippen molar-refractivity contribution in [1.29, 1.82) is 0 Å². The molecule has 0 heterocycles. The zero-order chi connectivity index (χ0) is 12.7. The van der Waals surface area contributed by atoms with Crippen LogP contribution in [-0.2, 0) is 6.42 Å². The Morgan fingerprint density at radius 2 is 1.89 bits per heavy atom. The summed E-state index contributed by atoms with van der Waals surface area (Å²) in [4.78, 5) is 0. The predicted octanol–water partition coefficient (Wildman–Crippen LogP) is 4.58. The largest absolute Gasteiger partial charge is 0.207 e. The van der Waals surface area contributed by atoms with Gasteiger partial charge in [-0.3, -0.25) is 0 Å². The van der Waals surface area contributed by atoms with Crippen LogP contribution in [0.3, 0.4) is 0 Å².